The van der Waals surface area contributed by atoms with Gasteiger partial charge in [0.05, 0.1) is 5.69 Å². The van der Waals surface area contributed by atoms with E-state index in [0.717, 1.165) is 28.3 Å². The summed E-state index contributed by atoms with van der Waals surface area (Å²) in [6, 6.07) is 19.2. The Morgan fingerprint density at radius 1 is 1.04 bits per heavy atom. The van der Waals surface area contributed by atoms with Crippen molar-refractivity contribution in [2.24, 2.45) is 0 Å². The van der Waals surface area contributed by atoms with Gasteiger partial charge >= 0.3 is 0 Å². The summed E-state index contributed by atoms with van der Waals surface area (Å²) in [6.45, 7) is 1.98. The molecular weight excluding hydrogens is 336 g/mol. The summed E-state index contributed by atoms with van der Waals surface area (Å²) in [6.07, 6.45) is 7.41. The van der Waals surface area contributed by atoms with E-state index in [-0.39, 0.29) is 5.91 Å². The van der Waals surface area contributed by atoms with E-state index in [1.165, 1.54) is 0 Å². The van der Waals surface area contributed by atoms with E-state index < -0.39 is 0 Å². The molecule has 1 N–H and O–H groups in total. The molecule has 5 heteroatoms. The fraction of sp³-hybridized carbons (Fsp3) is 0.0455. The number of nitrogens with zero attached hydrogens (tertiary/aromatic N) is 3. The number of pyridine rings is 2. The number of aryl methyl sites for hydroxylation is 1. The lowest BCUT2D eigenvalue weighted by atomic mass is 10.1. The molecule has 27 heavy (non-hydrogen) atoms. The molecule has 0 spiro atoms. The van der Waals surface area contributed by atoms with Gasteiger partial charge in [0.1, 0.15) is 11.3 Å². The van der Waals surface area contributed by atoms with Gasteiger partial charge in [-0.05, 0) is 55.0 Å². The second-order valence-corrected chi connectivity index (χ2v) is 6.19. The van der Waals surface area contributed by atoms with Gasteiger partial charge in [0.15, 0.2) is 0 Å². The van der Waals surface area contributed by atoms with E-state index in [0.29, 0.717) is 5.69 Å². The maximum atomic E-state index is 12.6. The average Bonchev–Trinajstić information content (AvgIpc) is 3.14. The first-order valence-electron chi connectivity index (χ1n) is 8.64. The highest BCUT2D eigenvalue weighted by molar-refractivity contribution is 6.03. The van der Waals surface area contributed by atoms with Gasteiger partial charge in [-0.25, -0.2) is 4.98 Å². The molecule has 0 aliphatic rings. The molecule has 4 aromatic rings. The van der Waals surface area contributed by atoms with E-state index >= 15 is 0 Å². The summed E-state index contributed by atoms with van der Waals surface area (Å²) in [7, 11) is 0. The Kier molecular flexibility index (Phi) is 4.49. The number of imidazole rings is 1. The summed E-state index contributed by atoms with van der Waals surface area (Å²) >= 11 is 0. The van der Waals surface area contributed by atoms with Crippen LogP contribution in [0.1, 0.15) is 27.4 Å². The molecule has 1 amide bonds. The van der Waals surface area contributed by atoms with E-state index in [4.69, 9.17) is 0 Å². The normalized spacial score (nSPS) is 11.1. The fourth-order valence-corrected chi connectivity index (χ4v) is 2.83. The molecule has 0 bridgehead atoms. The Hall–Kier alpha value is -3.73. The lowest BCUT2D eigenvalue weighted by Crippen LogP contribution is -2.12. The second kappa shape index (κ2) is 7.25. The van der Waals surface area contributed by atoms with Crippen LogP contribution in [0.15, 0.2) is 73.1 Å². The van der Waals surface area contributed by atoms with Crippen LogP contribution in [0.3, 0.4) is 0 Å². The number of fused-ring (bicyclic) bond motifs is 1. The third kappa shape index (κ3) is 3.77. The Balaban J connectivity index is 1.52. The lowest BCUT2D eigenvalue weighted by Gasteiger charge is -2.04. The number of amides is 1. The smallest absolute Gasteiger partial charge is 0.275 e. The summed E-state index contributed by atoms with van der Waals surface area (Å²) < 4.78 is 1.90. The lowest BCUT2D eigenvalue weighted by molar-refractivity contribution is 0.102. The van der Waals surface area contributed by atoms with Gasteiger partial charge in [-0.3, -0.25) is 9.78 Å². The number of hydrogen-bond acceptors (Lipinski definition) is 3. The summed E-state index contributed by atoms with van der Waals surface area (Å²) in [5, 5.41) is 2.91. The predicted octanol–water partition coefficient (Wildman–Crippen LogP) is 4.46. The number of hydrogen-bond donors (Lipinski definition) is 1. The van der Waals surface area contributed by atoms with Crippen molar-refractivity contribution in [3.8, 4) is 0 Å². The fourth-order valence-electron chi connectivity index (χ4n) is 2.83. The average molecular weight is 354 g/mol. The van der Waals surface area contributed by atoms with Crippen molar-refractivity contribution in [3.05, 3.63) is 95.7 Å². The highest BCUT2D eigenvalue weighted by Gasteiger charge is 2.11. The highest BCUT2D eigenvalue weighted by atomic mass is 16.1. The van der Waals surface area contributed by atoms with Crippen LogP contribution in [0, 0.1) is 6.92 Å². The van der Waals surface area contributed by atoms with Crippen molar-refractivity contribution in [2.45, 2.75) is 6.92 Å². The van der Waals surface area contributed by atoms with Gasteiger partial charge in [0.2, 0.25) is 0 Å². The maximum Gasteiger partial charge on any atom is 0.275 e. The zero-order chi connectivity index (χ0) is 18.6. The Bertz CT molecular complexity index is 1130. The van der Waals surface area contributed by atoms with Crippen molar-refractivity contribution >= 4 is 29.4 Å². The van der Waals surface area contributed by atoms with Gasteiger partial charge in [-0.1, -0.05) is 30.3 Å². The number of rotatable bonds is 4. The summed E-state index contributed by atoms with van der Waals surface area (Å²) in [5.41, 5.74) is 4.75. The molecule has 4 rings (SSSR count). The number of carbonyl (C=O) groups is 1. The van der Waals surface area contributed by atoms with E-state index in [9.17, 15) is 4.79 Å². The topological polar surface area (TPSA) is 59.3 Å². The SMILES string of the molecule is Cc1cccc2nc(C(=O)Nc3cccc(C=Cc4ccccn4)c3)cn12. The minimum Gasteiger partial charge on any atom is -0.321 e. The monoisotopic (exact) mass is 354 g/mol. The molecule has 0 saturated carbocycles. The van der Waals surface area contributed by atoms with Crippen LogP contribution in [0.5, 0.6) is 0 Å². The van der Waals surface area contributed by atoms with Gasteiger partial charge in [0.25, 0.3) is 5.91 Å². The molecule has 3 heterocycles. The predicted molar refractivity (Wildman–Crippen MR) is 107 cm³/mol. The van der Waals surface area contributed by atoms with Gasteiger partial charge in [-0.2, -0.15) is 0 Å². The molecule has 3 aromatic heterocycles. The van der Waals surface area contributed by atoms with Crippen molar-refractivity contribution in [3.63, 3.8) is 0 Å². The minimum atomic E-state index is -0.232. The van der Waals surface area contributed by atoms with Crippen LogP contribution < -0.4 is 5.32 Å². The van der Waals surface area contributed by atoms with Crippen molar-refractivity contribution < 1.29 is 4.79 Å². The molecule has 1 aromatic carbocycles. The van der Waals surface area contributed by atoms with Crippen LogP contribution in [-0.2, 0) is 0 Å². The number of carbonyl (C=O) groups excluding carboxylic acids is 1. The standard InChI is InChI=1S/C22H18N4O/c1-16-6-4-10-21-25-20(15-26(16)21)22(27)24-19-9-5-7-17(14-19)11-12-18-8-2-3-13-23-18/h2-15H,1H3,(H,24,27). The molecular formula is C22H18N4O. The Morgan fingerprint density at radius 2 is 1.93 bits per heavy atom. The maximum absolute atomic E-state index is 12.6. The largest absolute Gasteiger partial charge is 0.321 e. The van der Waals surface area contributed by atoms with E-state index in [1.807, 2.05) is 84.1 Å². The molecule has 0 unspecified atom stereocenters. The number of aromatic nitrogens is 3. The number of benzene rings is 1. The molecule has 132 valence electrons. The zero-order valence-corrected chi connectivity index (χ0v) is 14.8. The summed E-state index contributed by atoms with van der Waals surface area (Å²) in [4.78, 5) is 21.2. The third-order valence-corrected chi connectivity index (χ3v) is 4.21. The minimum absolute atomic E-state index is 0.232. The molecule has 0 aliphatic heterocycles. The molecule has 0 radical (unpaired) electrons. The zero-order valence-electron chi connectivity index (χ0n) is 14.8. The van der Waals surface area contributed by atoms with Crippen molar-refractivity contribution in [2.75, 3.05) is 5.32 Å². The van der Waals surface area contributed by atoms with Gasteiger partial charge < -0.3 is 9.72 Å². The molecule has 0 saturated heterocycles. The first-order chi connectivity index (χ1) is 13.2. The Morgan fingerprint density at radius 3 is 2.74 bits per heavy atom. The third-order valence-electron chi connectivity index (χ3n) is 4.21. The quantitative estimate of drug-likeness (QED) is 0.589. The van der Waals surface area contributed by atoms with Crippen LogP contribution in [-0.4, -0.2) is 20.3 Å². The van der Waals surface area contributed by atoms with Crippen molar-refractivity contribution in [1.82, 2.24) is 14.4 Å². The molecule has 0 atom stereocenters. The molecule has 0 aliphatic carbocycles. The van der Waals surface area contributed by atoms with Crippen LogP contribution in [0.4, 0.5) is 5.69 Å². The van der Waals surface area contributed by atoms with Crippen LogP contribution in [0.25, 0.3) is 17.8 Å². The van der Waals surface area contributed by atoms with Gasteiger partial charge in [0, 0.05) is 23.8 Å². The second-order valence-electron chi connectivity index (χ2n) is 6.19. The number of anilines is 1. The Labute approximate surface area is 157 Å². The van der Waals surface area contributed by atoms with E-state index in [1.54, 1.807) is 12.4 Å². The van der Waals surface area contributed by atoms with Crippen molar-refractivity contribution in [1.29, 1.82) is 0 Å². The summed E-state index contributed by atoms with van der Waals surface area (Å²) in [5.74, 6) is -0.232. The van der Waals surface area contributed by atoms with E-state index in [2.05, 4.69) is 15.3 Å². The first kappa shape index (κ1) is 16.7. The van der Waals surface area contributed by atoms with Gasteiger partial charge in [-0.15, -0.1) is 0 Å². The van der Waals surface area contributed by atoms with Crippen LogP contribution in [0.2, 0.25) is 0 Å². The first-order valence-corrected chi connectivity index (χ1v) is 8.64. The molecule has 5 nitrogen and oxygen atoms in total. The van der Waals surface area contributed by atoms with Crippen LogP contribution >= 0.6 is 0 Å². The highest BCUT2D eigenvalue weighted by Crippen LogP contribution is 2.15. The number of nitrogens with one attached hydrogen (secondary N) is 1. The molecule has 0 fully saturated rings.